The summed E-state index contributed by atoms with van der Waals surface area (Å²) in [4.78, 5) is 24.7. The number of carbonyl (C=O) groups is 2. The maximum absolute atomic E-state index is 12.5. The molecule has 126 valence electrons. The SMILES string of the molecule is CC(C)(C)CC(=O)Nc1ccccc1C(=O)NC1CCCCC1. The minimum Gasteiger partial charge on any atom is -0.349 e. The molecule has 0 spiro atoms. The van der Waals surface area contributed by atoms with Crippen molar-refractivity contribution in [1.82, 2.24) is 5.32 Å². The molecule has 23 heavy (non-hydrogen) atoms. The summed E-state index contributed by atoms with van der Waals surface area (Å²) >= 11 is 0. The summed E-state index contributed by atoms with van der Waals surface area (Å²) in [5.41, 5.74) is 1.05. The third-order valence-electron chi connectivity index (χ3n) is 4.08. The number of hydrogen-bond donors (Lipinski definition) is 2. The van der Waals surface area contributed by atoms with Crippen molar-refractivity contribution in [1.29, 1.82) is 0 Å². The maximum atomic E-state index is 12.5. The van der Waals surface area contributed by atoms with E-state index in [1.54, 1.807) is 12.1 Å². The highest BCUT2D eigenvalue weighted by Gasteiger charge is 2.20. The summed E-state index contributed by atoms with van der Waals surface area (Å²) in [5, 5.41) is 5.99. The van der Waals surface area contributed by atoms with Crippen molar-refractivity contribution in [3.05, 3.63) is 29.8 Å². The molecule has 2 rings (SSSR count). The lowest BCUT2D eigenvalue weighted by Gasteiger charge is -2.23. The molecule has 0 heterocycles. The Bertz CT molecular complexity index is 555. The number of benzene rings is 1. The van der Waals surface area contributed by atoms with Gasteiger partial charge in [-0.25, -0.2) is 0 Å². The van der Waals surface area contributed by atoms with Crippen LogP contribution < -0.4 is 10.6 Å². The van der Waals surface area contributed by atoms with Crippen LogP contribution in [0.25, 0.3) is 0 Å². The van der Waals surface area contributed by atoms with E-state index in [1.165, 1.54) is 19.3 Å². The zero-order valence-electron chi connectivity index (χ0n) is 14.4. The molecule has 1 aliphatic rings. The van der Waals surface area contributed by atoms with E-state index in [0.29, 0.717) is 17.7 Å². The Labute approximate surface area is 139 Å². The predicted octanol–water partition coefficient (Wildman–Crippen LogP) is 4.12. The van der Waals surface area contributed by atoms with Gasteiger partial charge in [0, 0.05) is 12.5 Å². The molecular formula is C19H28N2O2. The first-order valence-corrected chi connectivity index (χ1v) is 8.55. The topological polar surface area (TPSA) is 58.2 Å². The van der Waals surface area contributed by atoms with E-state index in [0.717, 1.165) is 12.8 Å². The van der Waals surface area contributed by atoms with Crippen LogP contribution in [0.15, 0.2) is 24.3 Å². The van der Waals surface area contributed by atoms with Crippen molar-refractivity contribution in [2.45, 2.75) is 65.3 Å². The van der Waals surface area contributed by atoms with E-state index < -0.39 is 0 Å². The average molecular weight is 316 g/mol. The third kappa shape index (κ3) is 5.70. The number of anilines is 1. The molecule has 4 nitrogen and oxygen atoms in total. The summed E-state index contributed by atoms with van der Waals surface area (Å²) in [7, 11) is 0. The van der Waals surface area contributed by atoms with Crippen LogP contribution in [0, 0.1) is 5.41 Å². The highest BCUT2D eigenvalue weighted by atomic mass is 16.2. The van der Waals surface area contributed by atoms with Crippen LogP contribution in [0.2, 0.25) is 0 Å². The van der Waals surface area contributed by atoms with Gasteiger partial charge in [-0.1, -0.05) is 52.2 Å². The Morgan fingerprint density at radius 1 is 1.09 bits per heavy atom. The van der Waals surface area contributed by atoms with Gasteiger partial charge in [0.15, 0.2) is 0 Å². The molecule has 0 unspecified atom stereocenters. The summed E-state index contributed by atoms with van der Waals surface area (Å²) < 4.78 is 0. The number of para-hydroxylation sites is 1. The van der Waals surface area contributed by atoms with Gasteiger partial charge in [0.2, 0.25) is 5.91 Å². The second kappa shape index (κ2) is 7.62. The van der Waals surface area contributed by atoms with E-state index in [9.17, 15) is 9.59 Å². The standard InChI is InChI=1S/C19H28N2O2/c1-19(2,3)13-17(22)21-16-12-8-7-11-15(16)18(23)20-14-9-5-4-6-10-14/h7-8,11-12,14H,4-6,9-10,13H2,1-3H3,(H,20,23)(H,21,22). The van der Waals surface area contributed by atoms with Crippen molar-refractivity contribution < 1.29 is 9.59 Å². The fourth-order valence-corrected chi connectivity index (χ4v) is 2.98. The molecule has 0 bridgehead atoms. The van der Waals surface area contributed by atoms with E-state index in [-0.39, 0.29) is 23.3 Å². The van der Waals surface area contributed by atoms with Gasteiger partial charge in [-0.15, -0.1) is 0 Å². The fourth-order valence-electron chi connectivity index (χ4n) is 2.98. The van der Waals surface area contributed by atoms with Gasteiger partial charge in [-0.05, 0) is 30.4 Å². The highest BCUT2D eigenvalue weighted by molar-refractivity contribution is 6.03. The Morgan fingerprint density at radius 2 is 1.74 bits per heavy atom. The summed E-state index contributed by atoms with van der Waals surface area (Å²) in [6.45, 7) is 6.07. The molecule has 0 aromatic heterocycles. The monoisotopic (exact) mass is 316 g/mol. The summed E-state index contributed by atoms with van der Waals surface area (Å²) in [6, 6.07) is 7.48. The summed E-state index contributed by atoms with van der Waals surface area (Å²) in [6.07, 6.45) is 6.12. The Balaban J connectivity index is 2.04. The van der Waals surface area contributed by atoms with E-state index in [1.807, 2.05) is 32.9 Å². The maximum Gasteiger partial charge on any atom is 0.253 e. The van der Waals surface area contributed by atoms with Crippen LogP contribution in [0.5, 0.6) is 0 Å². The number of rotatable bonds is 4. The molecule has 0 radical (unpaired) electrons. The first-order valence-electron chi connectivity index (χ1n) is 8.55. The molecule has 1 aromatic carbocycles. The molecule has 0 saturated heterocycles. The minimum absolute atomic E-state index is 0.0598. The molecule has 4 heteroatoms. The molecule has 1 fully saturated rings. The zero-order valence-corrected chi connectivity index (χ0v) is 14.4. The van der Waals surface area contributed by atoms with Crippen molar-refractivity contribution in [3.8, 4) is 0 Å². The Hall–Kier alpha value is -1.84. The molecule has 1 aromatic rings. The van der Waals surface area contributed by atoms with Gasteiger partial charge >= 0.3 is 0 Å². The third-order valence-corrected chi connectivity index (χ3v) is 4.08. The van der Waals surface area contributed by atoms with Crippen LogP contribution in [0.3, 0.4) is 0 Å². The van der Waals surface area contributed by atoms with Gasteiger partial charge in [-0.3, -0.25) is 9.59 Å². The second-order valence-corrected chi connectivity index (χ2v) is 7.64. The number of hydrogen-bond acceptors (Lipinski definition) is 2. The van der Waals surface area contributed by atoms with Crippen molar-refractivity contribution in [2.24, 2.45) is 5.41 Å². The second-order valence-electron chi connectivity index (χ2n) is 7.64. The zero-order chi connectivity index (χ0) is 16.9. The van der Waals surface area contributed by atoms with Gasteiger partial charge in [0.1, 0.15) is 0 Å². The largest absolute Gasteiger partial charge is 0.349 e. The van der Waals surface area contributed by atoms with Crippen LogP contribution in [-0.4, -0.2) is 17.9 Å². The van der Waals surface area contributed by atoms with Crippen molar-refractivity contribution in [3.63, 3.8) is 0 Å². The van der Waals surface area contributed by atoms with E-state index in [4.69, 9.17) is 0 Å². The van der Waals surface area contributed by atoms with Crippen LogP contribution in [-0.2, 0) is 4.79 Å². The van der Waals surface area contributed by atoms with Gasteiger partial charge in [-0.2, -0.15) is 0 Å². The minimum atomic E-state index is -0.0939. The molecular weight excluding hydrogens is 288 g/mol. The molecule has 0 aliphatic heterocycles. The Kier molecular flexibility index (Phi) is 5.80. The molecule has 2 amide bonds. The fraction of sp³-hybridized carbons (Fsp3) is 0.579. The highest BCUT2D eigenvalue weighted by Crippen LogP contribution is 2.22. The van der Waals surface area contributed by atoms with Crippen LogP contribution in [0.4, 0.5) is 5.69 Å². The lowest BCUT2D eigenvalue weighted by atomic mass is 9.92. The molecule has 1 saturated carbocycles. The van der Waals surface area contributed by atoms with Gasteiger partial charge in [0.25, 0.3) is 5.91 Å². The van der Waals surface area contributed by atoms with Crippen LogP contribution >= 0.6 is 0 Å². The first kappa shape index (κ1) is 17.5. The lowest BCUT2D eigenvalue weighted by molar-refractivity contribution is -0.117. The molecule has 2 N–H and O–H groups in total. The normalized spacial score (nSPS) is 16.0. The number of amides is 2. The van der Waals surface area contributed by atoms with Crippen molar-refractivity contribution >= 4 is 17.5 Å². The predicted molar refractivity (Wildman–Crippen MR) is 93.5 cm³/mol. The smallest absolute Gasteiger partial charge is 0.253 e. The number of nitrogens with one attached hydrogen (secondary N) is 2. The number of carbonyl (C=O) groups excluding carboxylic acids is 2. The lowest BCUT2D eigenvalue weighted by Crippen LogP contribution is -2.36. The molecule has 1 aliphatic carbocycles. The van der Waals surface area contributed by atoms with E-state index >= 15 is 0 Å². The first-order chi connectivity index (χ1) is 10.8. The average Bonchev–Trinajstić information content (AvgIpc) is 2.46. The van der Waals surface area contributed by atoms with Crippen LogP contribution in [0.1, 0.15) is 69.7 Å². The Morgan fingerprint density at radius 3 is 2.39 bits per heavy atom. The quantitative estimate of drug-likeness (QED) is 0.877. The molecule has 0 atom stereocenters. The van der Waals surface area contributed by atoms with E-state index in [2.05, 4.69) is 10.6 Å². The van der Waals surface area contributed by atoms with Gasteiger partial charge < -0.3 is 10.6 Å². The van der Waals surface area contributed by atoms with Crippen molar-refractivity contribution in [2.75, 3.05) is 5.32 Å². The van der Waals surface area contributed by atoms with Gasteiger partial charge in [0.05, 0.1) is 11.3 Å². The summed E-state index contributed by atoms with van der Waals surface area (Å²) in [5.74, 6) is -0.154.